The number of rotatable bonds is 12. The van der Waals surface area contributed by atoms with Crippen LogP contribution in [-0.2, 0) is 10.0 Å². The van der Waals surface area contributed by atoms with Crippen molar-refractivity contribution < 1.29 is 41.0 Å². The summed E-state index contributed by atoms with van der Waals surface area (Å²) in [5, 5.41) is 14.9. The van der Waals surface area contributed by atoms with Crippen LogP contribution in [0.4, 0.5) is 18.9 Å². The molecule has 8 nitrogen and oxygen atoms in total. The number of nitrogens with zero attached hydrogens (tertiary/aromatic N) is 1. The zero-order valence-electron chi connectivity index (χ0n) is 18.8. The average Bonchev–Trinajstić information content (AvgIpc) is 2.73. The van der Waals surface area contributed by atoms with Crippen molar-refractivity contribution in [3.63, 3.8) is 0 Å². The first kappa shape index (κ1) is 27.3. The van der Waals surface area contributed by atoms with Crippen LogP contribution in [0, 0.1) is 0 Å². The number of carbonyl (C=O) groups is 1. The second kappa shape index (κ2) is 11.4. The number of sulfonamides is 1. The van der Waals surface area contributed by atoms with Crippen LogP contribution in [0.2, 0.25) is 0 Å². The molecule has 2 rings (SSSR count). The molecule has 0 aromatic heterocycles. The van der Waals surface area contributed by atoms with Crippen molar-refractivity contribution in [2.45, 2.75) is 50.8 Å². The first-order valence-electron chi connectivity index (χ1n) is 10.6. The average molecular weight is 505 g/mol. The van der Waals surface area contributed by atoms with Crippen LogP contribution in [0.25, 0.3) is 0 Å². The van der Waals surface area contributed by atoms with Gasteiger partial charge < -0.3 is 19.5 Å². The van der Waals surface area contributed by atoms with Crippen LogP contribution in [0.3, 0.4) is 0 Å². The van der Waals surface area contributed by atoms with E-state index < -0.39 is 33.0 Å². The maximum atomic E-state index is 12.4. The van der Waals surface area contributed by atoms with Gasteiger partial charge in [-0.2, -0.15) is 0 Å². The Bertz CT molecular complexity index is 1080. The highest BCUT2D eigenvalue weighted by molar-refractivity contribution is 7.89. The first-order chi connectivity index (χ1) is 15.9. The third-order valence-electron chi connectivity index (χ3n) is 4.77. The number of anilines is 1. The van der Waals surface area contributed by atoms with Crippen molar-refractivity contribution >= 4 is 21.7 Å². The molecule has 0 atom stereocenters. The quantitative estimate of drug-likeness (QED) is 0.411. The molecule has 0 saturated heterocycles. The molecule has 0 bridgehead atoms. The summed E-state index contributed by atoms with van der Waals surface area (Å²) >= 11 is 0. The molecule has 0 fully saturated rings. The minimum absolute atomic E-state index is 0.00897. The van der Waals surface area contributed by atoms with Gasteiger partial charge in [-0.15, -0.1) is 13.2 Å². The summed E-state index contributed by atoms with van der Waals surface area (Å²) in [5.41, 5.74) is -0.0836. The number of aromatic carboxylic acids is 1. The number of alkyl halides is 3. The lowest BCUT2D eigenvalue weighted by molar-refractivity contribution is -0.274. The number of primary sulfonamides is 1. The lowest BCUT2D eigenvalue weighted by Gasteiger charge is -2.28. The molecule has 12 heteroatoms. The molecule has 0 amide bonds. The lowest BCUT2D eigenvalue weighted by Crippen LogP contribution is -2.27. The number of hydrogen-bond donors (Lipinski definition) is 2. The van der Waals surface area contributed by atoms with Gasteiger partial charge in [0.15, 0.2) is 5.75 Å². The maximum absolute atomic E-state index is 12.4. The summed E-state index contributed by atoms with van der Waals surface area (Å²) in [5.74, 6) is -2.03. The van der Waals surface area contributed by atoms with E-state index in [1.54, 1.807) is 0 Å². The largest absolute Gasteiger partial charge is 0.573 e. The summed E-state index contributed by atoms with van der Waals surface area (Å²) in [6, 6.07) is 6.57. The second-order valence-corrected chi connectivity index (χ2v) is 9.02. The highest BCUT2D eigenvalue weighted by atomic mass is 32.2. The number of halogens is 3. The topological polar surface area (TPSA) is 119 Å². The summed E-state index contributed by atoms with van der Waals surface area (Å²) < 4.78 is 71.7. The summed E-state index contributed by atoms with van der Waals surface area (Å²) in [4.78, 5) is 13.0. The minimum atomic E-state index is -4.87. The van der Waals surface area contributed by atoms with E-state index in [2.05, 4.69) is 4.74 Å². The van der Waals surface area contributed by atoms with Gasteiger partial charge in [-0.25, -0.2) is 18.4 Å². The van der Waals surface area contributed by atoms with Crippen LogP contribution in [-0.4, -0.2) is 38.9 Å². The number of carboxylic acid groups (broad SMARTS) is 1. The van der Waals surface area contributed by atoms with Crippen LogP contribution >= 0.6 is 0 Å². The molecule has 34 heavy (non-hydrogen) atoms. The van der Waals surface area contributed by atoms with Crippen LogP contribution in [0.5, 0.6) is 17.2 Å². The smallest absolute Gasteiger partial charge is 0.478 e. The third kappa shape index (κ3) is 7.80. The third-order valence-corrected chi connectivity index (χ3v) is 5.69. The highest BCUT2D eigenvalue weighted by Crippen LogP contribution is 2.40. The fourth-order valence-electron chi connectivity index (χ4n) is 3.14. The van der Waals surface area contributed by atoms with Crippen LogP contribution in [0.1, 0.15) is 49.9 Å². The number of nitrogens with two attached hydrogens (primary N) is 1. The molecule has 0 unspecified atom stereocenters. The lowest BCUT2D eigenvalue weighted by atomic mass is 10.1. The Hall–Kier alpha value is -2.99. The molecule has 2 aromatic rings. The van der Waals surface area contributed by atoms with Gasteiger partial charge in [-0.1, -0.05) is 26.7 Å². The molecule has 0 aliphatic rings. The Morgan fingerprint density at radius 1 is 1.03 bits per heavy atom. The zero-order valence-corrected chi connectivity index (χ0v) is 19.6. The van der Waals surface area contributed by atoms with E-state index >= 15 is 0 Å². The normalized spacial score (nSPS) is 11.8. The number of hydrogen-bond acceptors (Lipinski definition) is 6. The van der Waals surface area contributed by atoms with E-state index in [9.17, 15) is 31.5 Å². The Labute approximate surface area is 196 Å². The SMILES string of the molecule is CCCCN(CCCC)c1cc(C(=O)O)cc(S(N)(=O)=O)c1Oc1ccc(OC(F)(F)F)cc1. The van der Waals surface area contributed by atoms with Gasteiger partial charge in [0.25, 0.3) is 0 Å². The zero-order chi connectivity index (χ0) is 25.5. The van der Waals surface area contributed by atoms with E-state index in [1.807, 2.05) is 18.7 Å². The summed E-state index contributed by atoms with van der Waals surface area (Å²) in [6.07, 6.45) is -1.72. The van der Waals surface area contributed by atoms with E-state index in [-0.39, 0.29) is 22.7 Å². The summed E-state index contributed by atoms with van der Waals surface area (Å²) in [6.45, 7) is 4.95. The first-order valence-corrected chi connectivity index (χ1v) is 12.1. The number of unbranched alkanes of at least 4 members (excludes halogenated alkanes) is 2. The predicted octanol–water partition coefficient (Wildman–Crippen LogP) is 5.13. The molecule has 0 heterocycles. The number of carboxylic acids is 1. The van der Waals surface area contributed by atoms with Crippen molar-refractivity contribution in [2.24, 2.45) is 5.14 Å². The van der Waals surface area contributed by atoms with E-state index in [0.717, 1.165) is 43.9 Å². The maximum Gasteiger partial charge on any atom is 0.573 e. The van der Waals surface area contributed by atoms with Crippen molar-refractivity contribution in [2.75, 3.05) is 18.0 Å². The second-order valence-electron chi connectivity index (χ2n) is 7.49. The monoisotopic (exact) mass is 504 g/mol. The minimum Gasteiger partial charge on any atom is -0.478 e. The number of benzene rings is 2. The molecule has 0 radical (unpaired) electrons. The van der Waals surface area contributed by atoms with E-state index in [4.69, 9.17) is 9.88 Å². The standard InChI is InChI=1S/C22H27F3N2O6S/c1-3-5-11-27(12-6-4-2)18-13-15(21(28)29)14-19(34(26,30)31)20(18)32-16-7-9-17(10-8-16)33-22(23,24)25/h7-10,13-14H,3-6,11-12H2,1-2H3,(H,28,29)(H2,26,30,31). The fourth-order valence-corrected chi connectivity index (χ4v) is 3.83. The van der Waals surface area contributed by atoms with Gasteiger partial charge in [0, 0.05) is 13.1 Å². The molecule has 3 N–H and O–H groups in total. The fraction of sp³-hybridized carbons (Fsp3) is 0.409. The highest BCUT2D eigenvalue weighted by Gasteiger charge is 2.31. The van der Waals surface area contributed by atoms with Crippen molar-refractivity contribution in [3.8, 4) is 17.2 Å². The van der Waals surface area contributed by atoms with Gasteiger partial charge in [0.1, 0.15) is 16.4 Å². The van der Waals surface area contributed by atoms with E-state index in [0.29, 0.717) is 13.1 Å². The Kier molecular flexibility index (Phi) is 9.16. The Morgan fingerprint density at radius 2 is 1.56 bits per heavy atom. The number of ether oxygens (including phenoxy) is 2. The Morgan fingerprint density at radius 3 is 2.00 bits per heavy atom. The molecule has 2 aromatic carbocycles. The van der Waals surface area contributed by atoms with Crippen molar-refractivity contribution in [1.82, 2.24) is 0 Å². The molecule has 0 saturated carbocycles. The van der Waals surface area contributed by atoms with Gasteiger partial charge in [-0.05, 0) is 49.2 Å². The van der Waals surface area contributed by atoms with Gasteiger partial charge in [-0.3, -0.25) is 0 Å². The molecular weight excluding hydrogens is 477 g/mol. The predicted molar refractivity (Wildman–Crippen MR) is 120 cm³/mol. The molecular formula is C22H27F3N2O6S. The van der Waals surface area contributed by atoms with Gasteiger partial charge >= 0.3 is 12.3 Å². The van der Waals surface area contributed by atoms with E-state index in [1.165, 1.54) is 18.2 Å². The van der Waals surface area contributed by atoms with Crippen LogP contribution < -0.4 is 19.5 Å². The molecule has 0 spiro atoms. The molecule has 0 aliphatic carbocycles. The van der Waals surface area contributed by atoms with Crippen molar-refractivity contribution in [3.05, 3.63) is 42.0 Å². The molecule has 0 aliphatic heterocycles. The summed E-state index contributed by atoms with van der Waals surface area (Å²) in [7, 11) is -4.43. The van der Waals surface area contributed by atoms with Gasteiger partial charge in [0.05, 0.1) is 11.3 Å². The Balaban J connectivity index is 2.63. The molecule has 188 valence electrons. The van der Waals surface area contributed by atoms with Crippen molar-refractivity contribution in [1.29, 1.82) is 0 Å². The van der Waals surface area contributed by atoms with Crippen LogP contribution in [0.15, 0.2) is 41.3 Å². The van der Waals surface area contributed by atoms with Gasteiger partial charge in [0.2, 0.25) is 10.0 Å².